The van der Waals surface area contributed by atoms with Crippen molar-refractivity contribution in [2.24, 2.45) is 5.10 Å². The van der Waals surface area contributed by atoms with Gasteiger partial charge in [-0.3, -0.25) is 19.7 Å². The molecule has 0 aliphatic carbocycles. The van der Waals surface area contributed by atoms with Gasteiger partial charge in [-0.25, -0.2) is 5.01 Å². The summed E-state index contributed by atoms with van der Waals surface area (Å²) < 4.78 is 0. The highest BCUT2D eigenvalue weighted by molar-refractivity contribution is 6.34. The molecule has 1 aromatic heterocycles. The molecule has 8 nitrogen and oxygen atoms in total. The number of H-pyrrole nitrogens is 1. The van der Waals surface area contributed by atoms with Gasteiger partial charge in [0, 0.05) is 40.0 Å². The molecule has 5 aromatic rings. The molecule has 1 aliphatic rings. The second-order valence-corrected chi connectivity index (χ2v) is 10.4. The van der Waals surface area contributed by atoms with Crippen LogP contribution in [-0.4, -0.2) is 26.5 Å². The number of pyridine rings is 1. The lowest BCUT2D eigenvalue weighted by Gasteiger charge is -2.22. The largest absolute Gasteiger partial charge is 0.321 e. The molecule has 4 aromatic carbocycles. The summed E-state index contributed by atoms with van der Waals surface area (Å²) in [4.78, 5) is 41.5. The molecule has 10 heteroatoms. The van der Waals surface area contributed by atoms with E-state index in [-0.39, 0.29) is 33.8 Å². The summed E-state index contributed by atoms with van der Waals surface area (Å²) in [6.45, 7) is 0. The maximum absolute atomic E-state index is 13.8. The Hall–Kier alpha value is -4.79. The first kappa shape index (κ1) is 26.4. The zero-order valence-electron chi connectivity index (χ0n) is 21.3. The number of aromatic nitrogens is 1. The molecule has 1 atom stereocenters. The van der Waals surface area contributed by atoms with Gasteiger partial charge in [0.05, 0.1) is 32.8 Å². The number of non-ortho nitro benzene ring substituents is 1. The molecular weight excluding hydrogens is 563 g/mol. The van der Waals surface area contributed by atoms with E-state index >= 15 is 0 Å². The predicted molar refractivity (Wildman–Crippen MR) is 160 cm³/mol. The highest BCUT2D eigenvalue weighted by Gasteiger charge is 2.37. The van der Waals surface area contributed by atoms with Gasteiger partial charge in [-0.2, -0.15) is 5.10 Å². The molecule has 1 aliphatic heterocycles. The van der Waals surface area contributed by atoms with Crippen LogP contribution < -0.4 is 5.56 Å². The van der Waals surface area contributed by atoms with E-state index in [1.165, 1.54) is 17.1 Å². The van der Waals surface area contributed by atoms with Crippen LogP contribution in [0.1, 0.15) is 33.9 Å². The molecule has 6 rings (SSSR count). The number of nitro benzene ring substituents is 1. The quantitative estimate of drug-likeness (QED) is 0.172. The van der Waals surface area contributed by atoms with Crippen LogP contribution >= 0.6 is 23.2 Å². The minimum absolute atomic E-state index is 0.121. The number of carbonyl (C=O) groups excluding carboxylic acids is 1. The second-order valence-electron chi connectivity index (χ2n) is 9.51. The van der Waals surface area contributed by atoms with Crippen molar-refractivity contribution in [1.82, 2.24) is 9.99 Å². The van der Waals surface area contributed by atoms with Gasteiger partial charge in [0.25, 0.3) is 17.2 Å². The zero-order valence-corrected chi connectivity index (χ0v) is 22.8. The van der Waals surface area contributed by atoms with Gasteiger partial charge in [0.1, 0.15) is 0 Å². The SMILES string of the molecule is O=C(c1ccccc1Cl)N1N=C(c2c(-c3ccccc3)c3cc(Cl)ccc3[nH]c2=O)C[C@H]1c1cccc([N+](=O)[O-])c1. The monoisotopic (exact) mass is 582 g/mol. The Bertz CT molecular complexity index is 1940. The Labute approximate surface area is 243 Å². The summed E-state index contributed by atoms with van der Waals surface area (Å²) in [6, 6.07) is 26.5. The van der Waals surface area contributed by atoms with Crippen molar-refractivity contribution in [3.63, 3.8) is 0 Å². The number of carbonyl (C=O) groups is 1. The summed E-state index contributed by atoms with van der Waals surface area (Å²) in [6.07, 6.45) is 0.131. The summed E-state index contributed by atoms with van der Waals surface area (Å²) in [7, 11) is 0. The fourth-order valence-electron chi connectivity index (χ4n) is 5.16. The number of aromatic amines is 1. The van der Waals surface area contributed by atoms with E-state index in [1.807, 2.05) is 30.3 Å². The molecule has 0 spiro atoms. The maximum Gasteiger partial charge on any atom is 0.276 e. The number of nitrogens with zero attached hydrogens (tertiary/aromatic N) is 3. The fourth-order valence-corrected chi connectivity index (χ4v) is 5.55. The van der Waals surface area contributed by atoms with Gasteiger partial charge in [0.15, 0.2) is 0 Å². The Morgan fingerprint density at radius 2 is 1.68 bits per heavy atom. The lowest BCUT2D eigenvalue weighted by molar-refractivity contribution is -0.384. The first-order valence-corrected chi connectivity index (χ1v) is 13.4. The van der Waals surface area contributed by atoms with Crippen molar-refractivity contribution >= 4 is 51.4 Å². The van der Waals surface area contributed by atoms with E-state index in [9.17, 15) is 19.7 Å². The Morgan fingerprint density at radius 1 is 0.927 bits per heavy atom. The van der Waals surface area contributed by atoms with Crippen molar-refractivity contribution in [2.45, 2.75) is 12.5 Å². The first-order valence-electron chi connectivity index (χ1n) is 12.6. The van der Waals surface area contributed by atoms with Crippen LogP contribution in [0.15, 0.2) is 107 Å². The lowest BCUT2D eigenvalue weighted by Crippen LogP contribution is -2.27. The third-order valence-electron chi connectivity index (χ3n) is 7.02. The zero-order chi connectivity index (χ0) is 28.7. The average molecular weight is 583 g/mol. The number of nitrogens with one attached hydrogen (secondary N) is 1. The van der Waals surface area contributed by atoms with Crippen LogP contribution in [0.5, 0.6) is 0 Å². The minimum Gasteiger partial charge on any atom is -0.321 e. The molecule has 0 radical (unpaired) electrons. The molecule has 0 unspecified atom stereocenters. The Kier molecular flexibility index (Phi) is 6.86. The predicted octanol–water partition coefficient (Wildman–Crippen LogP) is 7.40. The number of fused-ring (bicyclic) bond motifs is 1. The van der Waals surface area contributed by atoms with Crippen molar-refractivity contribution in [1.29, 1.82) is 0 Å². The standard InChI is InChI=1S/C31H20Cl2N4O4/c32-20-13-14-25-23(16-20)28(18-7-2-1-3-8-18)29(30(38)34-25)26-17-27(19-9-6-10-21(15-19)37(40)41)36(35-26)31(39)22-11-4-5-12-24(22)33/h1-16,27H,17H2,(H,34,38)/t27-/m0/s1. The number of hydrogen-bond acceptors (Lipinski definition) is 5. The topological polar surface area (TPSA) is 109 Å². The number of halogens is 2. The molecule has 0 saturated heterocycles. The number of amides is 1. The van der Waals surface area contributed by atoms with Gasteiger partial charge >= 0.3 is 0 Å². The van der Waals surface area contributed by atoms with Gasteiger partial charge in [-0.05, 0) is 41.5 Å². The number of benzene rings is 4. The van der Waals surface area contributed by atoms with Gasteiger partial charge in [0.2, 0.25) is 0 Å². The van der Waals surface area contributed by atoms with E-state index < -0.39 is 16.9 Å². The molecule has 1 amide bonds. The van der Waals surface area contributed by atoms with Crippen molar-refractivity contribution in [3.05, 3.63) is 144 Å². The van der Waals surface area contributed by atoms with E-state index in [1.54, 1.807) is 54.6 Å². The lowest BCUT2D eigenvalue weighted by atomic mass is 9.91. The van der Waals surface area contributed by atoms with E-state index in [0.29, 0.717) is 32.8 Å². The van der Waals surface area contributed by atoms with Gasteiger partial charge in [-0.15, -0.1) is 0 Å². The Balaban J connectivity index is 1.58. The maximum atomic E-state index is 13.8. The highest BCUT2D eigenvalue weighted by Crippen LogP contribution is 2.39. The van der Waals surface area contributed by atoms with E-state index in [4.69, 9.17) is 28.3 Å². The number of nitro groups is 1. The summed E-state index contributed by atoms with van der Waals surface area (Å²) in [5.41, 5.74) is 2.84. The van der Waals surface area contributed by atoms with Gasteiger partial charge in [-0.1, -0.05) is 77.8 Å². The van der Waals surface area contributed by atoms with Crippen molar-refractivity contribution in [2.75, 3.05) is 0 Å². The second kappa shape index (κ2) is 10.6. The fraction of sp³-hybridized carbons (Fsp3) is 0.0645. The smallest absolute Gasteiger partial charge is 0.276 e. The molecular formula is C31H20Cl2N4O4. The molecule has 0 fully saturated rings. The van der Waals surface area contributed by atoms with Crippen LogP contribution in [-0.2, 0) is 0 Å². The van der Waals surface area contributed by atoms with Crippen molar-refractivity contribution < 1.29 is 9.72 Å². The average Bonchev–Trinajstić information content (AvgIpc) is 3.42. The van der Waals surface area contributed by atoms with Crippen LogP contribution in [0, 0.1) is 10.1 Å². The van der Waals surface area contributed by atoms with Crippen LogP contribution in [0.3, 0.4) is 0 Å². The molecule has 0 saturated carbocycles. The number of hydrazone groups is 1. The number of rotatable bonds is 5. The van der Waals surface area contributed by atoms with Crippen LogP contribution in [0.25, 0.3) is 22.0 Å². The molecule has 1 N–H and O–H groups in total. The molecule has 41 heavy (non-hydrogen) atoms. The van der Waals surface area contributed by atoms with E-state index in [2.05, 4.69) is 4.98 Å². The molecule has 202 valence electrons. The minimum atomic E-state index is -0.730. The van der Waals surface area contributed by atoms with Crippen LogP contribution in [0.2, 0.25) is 10.0 Å². The summed E-state index contributed by atoms with van der Waals surface area (Å²) in [5, 5.41) is 19.0. The summed E-state index contributed by atoms with van der Waals surface area (Å²) >= 11 is 12.7. The summed E-state index contributed by atoms with van der Waals surface area (Å²) in [5.74, 6) is -0.497. The normalized spacial score (nSPS) is 14.7. The van der Waals surface area contributed by atoms with Gasteiger partial charge < -0.3 is 4.98 Å². The molecule has 2 heterocycles. The first-order chi connectivity index (χ1) is 19.8. The van der Waals surface area contributed by atoms with E-state index in [0.717, 1.165) is 5.56 Å². The van der Waals surface area contributed by atoms with Crippen molar-refractivity contribution in [3.8, 4) is 11.1 Å². The third-order valence-corrected chi connectivity index (χ3v) is 7.58. The third kappa shape index (κ3) is 4.88. The highest BCUT2D eigenvalue weighted by atomic mass is 35.5. The van der Waals surface area contributed by atoms with Crippen LogP contribution in [0.4, 0.5) is 5.69 Å². The molecule has 0 bridgehead atoms. The Morgan fingerprint density at radius 3 is 2.44 bits per heavy atom. The number of hydrogen-bond donors (Lipinski definition) is 1.